The van der Waals surface area contributed by atoms with Crippen LogP contribution in [0.1, 0.15) is 33.1 Å². The number of hydrogen-bond acceptors (Lipinski definition) is 4. The van der Waals surface area contributed by atoms with Crippen molar-refractivity contribution in [3.05, 3.63) is 0 Å². The van der Waals surface area contributed by atoms with Crippen molar-refractivity contribution in [2.75, 3.05) is 46.6 Å². The minimum atomic E-state index is 0.652. The highest BCUT2D eigenvalue weighted by molar-refractivity contribution is 4.80. The van der Waals surface area contributed by atoms with Crippen LogP contribution in [0.4, 0.5) is 0 Å². The Kier molecular flexibility index (Phi) is 8.59. The summed E-state index contributed by atoms with van der Waals surface area (Å²) in [7, 11) is 1.71. The van der Waals surface area contributed by atoms with E-state index >= 15 is 0 Å². The fourth-order valence-electron chi connectivity index (χ4n) is 2.49. The van der Waals surface area contributed by atoms with E-state index in [1.807, 2.05) is 0 Å². The van der Waals surface area contributed by atoms with E-state index in [1.165, 1.54) is 19.3 Å². The van der Waals surface area contributed by atoms with Gasteiger partial charge in [-0.15, -0.1) is 0 Å². The van der Waals surface area contributed by atoms with Gasteiger partial charge in [0.05, 0.1) is 19.8 Å². The van der Waals surface area contributed by atoms with Gasteiger partial charge in [0.25, 0.3) is 0 Å². The van der Waals surface area contributed by atoms with Gasteiger partial charge in [-0.1, -0.05) is 13.3 Å². The first kappa shape index (κ1) is 15.9. The van der Waals surface area contributed by atoms with Crippen LogP contribution in [0.25, 0.3) is 0 Å². The Balaban J connectivity index is 2.25. The van der Waals surface area contributed by atoms with Crippen LogP contribution in [0.3, 0.4) is 0 Å². The lowest BCUT2D eigenvalue weighted by Crippen LogP contribution is -2.41. The number of methoxy groups -OCH3 is 1. The number of nitrogens with one attached hydrogen (secondary N) is 1. The molecule has 0 saturated carbocycles. The Morgan fingerprint density at radius 1 is 1.28 bits per heavy atom. The van der Waals surface area contributed by atoms with Gasteiger partial charge in [0.15, 0.2) is 0 Å². The zero-order chi connectivity index (χ0) is 13.2. The van der Waals surface area contributed by atoms with Crippen molar-refractivity contribution in [1.82, 2.24) is 10.2 Å². The molecular formula is C14H30N2O2. The fourth-order valence-corrected chi connectivity index (χ4v) is 2.49. The van der Waals surface area contributed by atoms with E-state index in [0.717, 1.165) is 26.2 Å². The van der Waals surface area contributed by atoms with Crippen LogP contribution in [0.5, 0.6) is 0 Å². The molecule has 0 spiro atoms. The molecule has 1 aliphatic rings. The maximum Gasteiger partial charge on any atom is 0.0700 e. The molecule has 1 N–H and O–H groups in total. The zero-order valence-electron chi connectivity index (χ0n) is 12.3. The molecule has 1 aliphatic heterocycles. The second-order valence-electron chi connectivity index (χ2n) is 5.18. The summed E-state index contributed by atoms with van der Waals surface area (Å²) in [5.74, 6) is 0. The zero-order valence-corrected chi connectivity index (χ0v) is 12.3. The Hall–Kier alpha value is -0.160. The summed E-state index contributed by atoms with van der Waals surface area (Å²) in [6.07, 6.45) is 3.76. The van der Waals surface area contributed by atoms with Crippen molar-refractivity contribution in [2.45, 2.75) is 45.2 Å². The monoisotopic (exact) mass is 258 g/mol. The first-order chi connectivity index (χ1) is 8.77. The van der Waals surface area contributed by atoms with E-state index < -0.39 is 0 Å². The minimum absolute atomic E-state index is 0.652. The van der Waals surface area contributed by atoms with E-state index in [-0.39, 0.29) is 0 Å². The molecule has 1 fully saturated rings. The van der Waals surface area contributed by atoms with E-state index in [0.29, 0.717) is 25.3 Å². The van der Waals surface area contributed by atoms with Crippen molar-refractivity contribution >= 4 is 0 Å². The largest absolute Gasteiger partial charge is 0.382 e. The Morgan fingerprint density at radius 2 is 2.11 bits per heavy atom. The molecule has 0 aromatic heterocycles. The molecule has 18 heavy (non-hydrogen) atoms. The molecule has 0 aromatic rings. The first-order valence-corrected chi connectivity index (χ1v) is 7.32. The van der Waals surface area contributed by atoms with E-state index in [1.54, 1.807) is 7.11 Å². The van der Waals surface area contributed by atoms with E-state index in [2.05, 4.69) is 24.1 Å². The standard InChI is InChI=1S/C14H30N2O2/c1-4-5-14-12-16(13(2)6-7-15-14)8-9-18-11-10-17-3/h13-15H,4-12H2,1-3H3. The predicted octanol–water partition coefficient (Wildman–Crippen LogP) is 1.50. The summed E-state index contributed by atoms with van der Waals surface area (Å²) in [4.78, 5) is 2.56. The van der Waals surface area contributed by atoms with Gasteiger partial charge in [-0.05, 0) is 26.3 Å². The highest BCUT2D eigenvalue weighted by Crippen LogP contribution is 2.11. The second-order valence-corrected chi connectivity index (χ2v) is 5.18. The van der Waals surface area contributed by atoms with Crippen LogP contribution in [0.2, 0.25) is 0 Å². The van der Waals surface area contributed by atoms with Crippen molar-refractivity contribution in [1.29, 1.82) is 0 Å². The van der Waals surface area contributed by atoms with Gasteiger partial charge >= 0.3 is 0 Å². The van der Waals surface area contributed by atoms with Gasteiger partial charge in [0, 0.05) is 32.3 Å². The van der Waals surface area contributed by atoms with Crippen LogP contribution in [0.15, 0.2) is 0 Å². The molecular weight excluding hydrogens is 228 g/mol. The van der Waals surface area contributed by atoms with Crippen molar-refractivity contribution in [3.8, 4) is 0 Å². The van der Waals surface area contributed by atoms with Crippen LogP contribution in [-0.4, -0.2) is 63.5 Å². The predicted molar refractivity (Wildman–Crippen MR) is 75.0 cm³/mol. The molecule has 108 valence electrons. The van der Waals surface area contributed by atoms with Crippen molar-refractivity contribution < 1.29 is 9.47 Å². The molecule has 1 saturated heterocycles. The van der Waals surface area contributed by atoms with E-state index in [4.69, 9.17) is 9.47 Å². The molecule has 1 rings (SSSR count). The maximum atomic E-state index is 5.57. The number of rotatable bonds is 8. The summed E-state index contributed by atoms with van der Waals surface area (Å²) < 4.78 is 10.5. The first-order valence-electron chi connectivity index (χ1n) is 7.32. The molecule has 4 heteroatoms. The number of hydrogen-bond donors (Lipinski definition) is 1. The minimum Gasteiger partial charge on any atom is -0.382 e. The van der Waals surface area contributed by atoms with Crippen molar-refractivity contribution in [2.24, 2.45) is 0 Å². The van der Waals surface area contributed by atoms with Crippen molar-refractivity contribution in [3.63, 3.8) is 0 Å². The quantitative estimate of drug-likeness (QED) is 0.669. The molecule has 4 nitrogen and oxygen atoms in total. The van der Waals surface area contributed by atoms with Gasteiger partial charge < -0.3 is 14.8 Å². The summed E-state index contributed by atoms with van der Waals surface area (Å²) in [6, 6.07) is 1.31. The highest BCUT2D eigenvalue weighted by Gasteiger charge is 2.21. The Morgan fingerprint density at radius 3 is 2.83 bits per heavy atom. The van der Waals surface area contributed by atoms with Gasteiger partial charge in [-0.25, -0.2) is 0 Å². The summed E-state index contributed by atoms with van der Waals surface area (Å²) in [5, 5.41) is 3.65. The Bertz CT molecular complexity index is 202. The molecule has 0 bridgehead atoms. The molecule has 0 radical (unpaired) electrons. The lowest BCUT2D eigenvalue weighted by Gasteiger charge is -2.28. The van der Waals surface area contributed by atoms with E-state index in [9.17, 15) is 0 Å². The molecule has 1 heterocycles. The Labute approximate surface area is 112 Å². The fraction of sp³-hybridized carbons (Fsp3) is 1.00. The van der Waals surface area contributed by atoms with Crippen LogP contribution in [0, 0.1) is 0 Å². The van der Waals surface area contributed by atoms with Gasteiger partial charge in [0.1, 0.15) is 0 Å². The molecule has 0 aliphatic carbocycles. The highest BCUT2D eigenvalue weighted by atomic mass is 16.5. The average molecular weight is 258 g/mol. The third kappa shape index (κ3) is 6.14. The SMILES string of the molecule is CCCC1CN(CCOCCOC)C(C)CCN1. The lowest BCUT2D eigenvalue weighted by molar-refractivity contribution is 0.0503. The normalized spacial score (nSPS) is 26.2. The van der Waals surface area contributed by atoms with Crippen LogP contribution in [-0.2, 0) is 9.47 Å². The van der Waals surface area contributed by atoms with Crippen LogP contribution < -0.4 is 5.32 Å². The number of ether oxygens (including phenoxy) is 2. The smallest absolute Gasteiger partial charge is 0.0700 e. The topological polar surface area (TPSA) is 33.7 Å². The van der Waals surface area contributed by atoms with Crippen LogP contribution >= 0.6 is 0 Å². The summed E-state index contributed by atoms with van der Waals surface area (Å²) >= 11 is 0. The summed E-state index contributed by atoms with van der Waals surface area (Å²) in [6.45, 7) is 10.1. The lowest BCUT2D eigenvalue weighted by atomic mass is 10.1. The summed E-state index contributed by atoms with van der Waals surface area (Å²) in [5.41, 5.74) is 0. The maximum absolute atomic E-state index is 5.57. The molecule has 2 atom stereocenters. The average Bonchev–Trinajstić information content (AvgIpc) is 2.52. The second kappa shape index (κ2) is 9.73. The molecule has 2 unspecified atom stereocenters. The third-order valence-corrected chi connectivity index (χ3v) is 3.67. The molecule has 0 aromatic carbocycles. The van der Waals surface area contributed by atoms with Gasteiger partial charge in [-0.3, -0.25) is 4.90 Å². The number of nitrogens with zero attached hydrogens (tertiary/aromatic N) is 1. The molecule has 0 amide bonds. The van der Waals surface area contributed by atoms with Gasteiger partial charge in [-0.2, -0.15) is 0 Å². The van der Waals surface area contributed by atoms with Gasteiger partial charge in [0.2, 0.25) is 0 Å². The third-order valence-electron chi connectivity index (χ3n) is 3.67.